The molecule has 0 N–H and O–H groups in total. The van der Waals surface area contributed by atoms with E-state index in [-0.39, 0.29) is 5.56 Å². The summed E-state index contributed by atoms with van der Waals surface area (Å²) in [5.74, 6) is -2.20. The van der Waals surface area contributed by atoms with Gasteiger partial charge in [-0.25, -0.2) is 8.78 Å². The van der Waals surface area contributed by atoms with Gasteiger partial charge >= 0.3 is 0 Å². The first-order chi connectivity index (χ1) is 9.58. The molecule has 0 radical (unpaired) electrons. The average molecular weight is 295 g/mol. The van der Waals surface area contributed by atoms with E-state index in [1.54, 1.807) is 6.07 Å². The molecule has 1 aliphatic heterocycles. The summed E-state index contributed by atoms with van der Waals surface area (Å²) in [5.41, 5.74) is 0.277. The summed E-state index contributed by atoms with van der Waals surface area (Å²) in [6, 6.07) is 6.36. The normalized spacial score (nSPS) is 12.9. The molecule has 0 aliphatic carbocycles. The fourth-order valence-electron chi connectivity index (χ4n) is 2.29. The Labute approximate surface area is 118 Å². The number of halogens is 3. The van der Waals surface area contributed by atoms with Crippen molar-refractivity contribution >= 4 is 17.4 Å². The summed E-state index contributed by atoms with van der Waals surface area (Å²) >= 11 is 5.94. The topological polar surface area (TPSA) is 26.3 Å². The summed E-state index contributed by atoms with van der Waals surface area (Å²) in [4.78, 5) is 12.4. The molecule has 0 aromatic heterocycles. The summed E-state index contributed by atoms with van der Waals surface area (Å²) in [6.07, 6.45) is 0.621. The van der Waals surface area contributed by atoms with Crippen LogP contribution in [0.15, 0.2) is 30.3 Å². The number of carbonyl (C=O) groups excluding carboxylic acids is 1. The molecule has 20 heavy (non-hydrogen) atoms. The number of ether oxygens (including phenoxy) is 1. The standard InChI is InChI=1S/C15H9ClF2O2/c16-9-6-8-4-5-20-15(8)10(7-9)14(19)13-11(17)2-1-3-12(13)18/h1-3,6-7H,4-5H2. The smallest absolute Gasteiger partial charge is 0.202 e. The summed E-state index contributed by atoms with van der Waals surface area (Å²) in [5, 5.41) is 0.342. The van der Waals surface area contributed by atoms with Crippen LogP contribution in [0.3, 0.4) is 0 Å². The molecule has 0 fully saturated rings. The lowest BCUT2D eigenvalue weighted by atomic mass is 9.99. The number of hydrogen-bond donors (Lipinski definition) is 0. The predicted molar refractivity (Wildman–Crippen MR) is 70.4 cm³/mol. The van der Waals surface area contributed by atoms with E-state index in [2.05, 4.69) is 0 Å². The maximum atomic E-state index is 13.7. The van der Waals surface area contributed by atoms with E-state index in [9.17, 15) is 13.6 Å². The Kier molecular flexibility index (Phi) is 3.18. The van der Waals surface area contributed by atoms with Crippen LogP contribution in [0, 0.1) is 11.6 Å². The first kappa shape index (κ1) is 13.1. The third kappa shape index (κ3) is 2.06. The minimum absolute atomic E-state index is 0.0917. The van der Waals surface area contributed by atoms with Gasteiger partial charge < -0.3 is 4.74 Å². The quantitative estimate of drug-likeness (QED) is 0.788. The Morgan fingerprint density at radius 3 is 2.60 bits per heavy atom. The summed E-state index contributed by atoms with van der Waals surface area (Å²) in [7, 11) is 0. The van der Waals surface area contributed by atoms with E-state index in [1.807, 2.05) is 0 Å². The molecule has 5 heteroatoms. The zero-order valence-corrected chi connectivity index (χ0v) is 11.0. The highest BCUT2D eigenvalue weighted by molar-refractivity contribution is 6.31. The van der Waals surface area contributed by atoms with Crippen LogP contribution in [0.5, 0.6) is 5.75 Å². The number of ketones is 1. The van der Waals surface area contributed by atoms with Gasteiger partial charge in [0.1, 0.15) is 17.4 Å². The minimum Gasteiger partial charge on any atom is -0.492 e. The second-order valence-corrected chi connectivity index (χ2v) is 4.90. The number of carbonyl (C=O) groups is 1. The third-order valence-electron chi connectivity index (χ3n) is 3.18. The average Bonchev–Trinajstić information content (AvgIpc) is 2.85. The Morgan fingerprint density at radius 2 is 1.90 bits per heavy atom. The van der Waals surface area contributed by atoms with E-state index < -0.39 is 23.0 Å². The summed E-state index contributed by atoms with van der Waals surface area (Å²) in [6.45, 7) is 0.426. The molecule has 0 spiro atoms. The van der Waals surface area contributed by atoms with E-state index in [0.717, 1.165) is 17.7 Å². The van der Waals surface area contributed by atoms with Crippen LogP contribution < -0.4 is 4.74 Å². The van der Waals surface area contributed by atoms with Gasteiger partial charge in [0.15, 0.2) is 0 Å². The fraction of sp³-hybridized carbons (Fsp3) is 0.133. The highest BCUT2D eigenvalue weighted by atomic mass is 35.5. The van der Waals surface area contributed by atoms with Crippen LogP contribution in [0.2, 0.25) is 5.02 Å². The van der Waals surface area contributed by atoms with Gasteiger partial charge in [0.05, 0.1) is 17.7 Å². The molecule has 0 atom stereocenters. The number of benzene rings is 2. The van der Waals surface area contributed by atoms with Crippen molar-refractivity contribution in [3.8, 4) is 5.75 Å². The van der Waals surface area contributed by atoms with Crippen molar-refractivity contribution in [1.29, 1.82) is 0 Å². The van der Waals surface area contributed by atoms with Gasteiger partial charge in [-0.15, -0.1) is 0 Å². The lowest BCUT2D eigenvalue weighted by Crippen LogP contribution is -2.09. The van der Waals surface area contributed by atoms with Gasteiger partial charge in [0.2, 0.25) is 5.78 Å². The van der Waals surface area contributed by atoms with Crippen LogP contribution in [-0.2, 0) is 6.42 Å². The maximum absolute atomic E-state index is 13.7. The van der Waals surface area contributed by atoms with E-state index in [0.29, 0.717) is 23.8 Å². The fourth-order valence-corrected chi connectivity index (χ4v) is 2.53. The van der Waals surface area contributed by atoms with Gasteiger partial charge in [-0.05, 0) is 29.8 Å². The van der Waals surface area contributed by atoms with E-state index in [1.165, 1.54) is 12.1 Å². The third-order valence-corrected chi connectivity index (χ3v) is 3.40. The second-order valence-electron chi connectivity index (χ2n) is 4.47. The van der Waals surface area contributed by atoms with Crippen molar-refractivity contribution in [3.05, 3.63) is 63.7 Å². The Hall–Kier alpha value is -1.94. The van der Waals surface area contributed by atoms with Crippen molar-refractivity contribution in [2.75, 3.05) is 6.61 Å². The molecule has 0 saturated heterocycles. The number of hydrogen-bond acceptors (Lipinski definition) is 2. The number of rotatable bonds is 2. The first-order valence-electron chi connectivity index (χ1n) is 6.02. The highest BCUT2D eigenvalue weighted by Crippen LogP contribution is 2.34. The molecule has 0 amide bonds. The van der Waals surface area contributed by atoms with Crippen LogP contribution in [-0.4, -0.2) is 12.4 Å². The molecule has 0 bridgehead atoms. The molecule has 0 unspecified atom stereocenters. The SMILES string of the molecule is O=C(c1cc(Cl)cc2c1OCC2)c1c(F)cccc1F. The molecule has 2 aromatic rings. The number of fused-ring (bicyclic) bond motifs is 1. The van der Waals surface area contributed by atoms with Crippen LogP contribution in [0.4, 0.5) is 8.78 Å². The van der Waals surface area contributed by atoms with Crippen molar-refractivity contribution in [2.45, 2.75) is 6.42 Å². The predicted octanol–water partition coefficient (Wildman–Crippen LogP) is 3.78. The molecular weight excluding hydrogens is 286 g/mol. The Morgan fingerprint density at radius 1 is 1.20 bits per heavy atom. The van der Waals surface area contributed by atoms with E-state index in [4.69, 9.17) is 16.3 Å². The van der Waals surface area contributed by atoms with Gasteiger partial charge in [0.25, 0.3) is 0 Å². The lowest BCUT2D eigenvalue weighted by Gasteiger charge is -2.09. The Bertz CT molecular complexity index is 693. The lowest BCUT2D eigenvalue weighted by molar-refractivity contribution is 0.102. The Balaban J connectivity index is 2.17. The summed E-state index contributed by atoms with van der Waals surface area (Å²) < 4.78 is 32.8. The molecule has 0 saturated carbocycles. The van der Waals surface area contributed by atoms with Crippen LogP contribution in [0.1, 0.15) is 21.5 Å². The van der Waals surface area contributed by atoms with Crippen molar-refractivity contribution < 1.29 is 18.3 Å². The highest BCUT2D eigenvalue weighted by Gasteiger charge is 2.26. The van der Waals surface area contributed by atoms with Gasteiger partial charge in [-0.2, -0.15) is 0 Å². The monoisotopic (exact) mass is 294 g/mol. The minimum atomic E-state index is -0.901. The van der Waals surface area contributed by atoms with Gasteiger partial charge in [-0.3, -0.25) is 4.79 Å². The maximum Gasteiger partial charge on any atom is 0.202 e. The van der Waals surface area contributed by atoms with Crippen molar-refractivity contribution in [2.24, 2.45) is 0 Å². The van der Waals surface area contributed by atoms with Crippen LogP contribution in [0.25, 0.3) is 0 Å². The van der Waals surface area contributed by atoms with Crippen LogP contribution >= 0.6 is 11.6 Å². The largest absolute Gasteiger partial charge is 0.492 e. The van der Waals surface area contributed by atoms with Crippen molar-refractivity contribution in [1.82, 2.24) is 0 Å². The van der Waals surface area contributed by atoms with Crippen molar-refractivity contribution in [3.63, 3.8) is 0 Å². The van der Waals surface area contributed by atoms with Gasteiger partial charge in [0, 0.05) is 11.4 Å². The second kappa shape index (κ2) is 4.87. The van der Waals surface area contributed by atoms with Gasteiger partial charge in [-0.1, -0.05) is 17.7 Å². The zero-order chi connectivity index (χ0) is 14.3. The molecule has 2 aromatic carbocycles. The molecule has 2 nitrogen and oxygen atoms in total. The van der Waals surface area contributed by atoms with E-state index >= 15 is 0 Å². The molecular formula is C15H9ClF2O2. The molecule has 1 aliphatic rings. The zero-order valence-electron chi connectivity index (χ0n) is 10.3. The molecule has 3 rings (SSSR count). The first-order valence-corrected chi connectivity index (χ1v) is 6.39. The molecule has 102 valence electrons. The molecule has 1 heterocycles.